The van der Waals surface area contributed by atoms with Crippen LogP contribution in [0.25, 0.3) is 0 Å². The van der Waals surface area contributed by atoms with Crippen molar-refractivity contribution >= 4 is 15.9 Å². The lowest BCUT2D eigenvalue weighted by Crippen LogP contribution is -2.33. The predicted molar refractivity (Wildman–Crippen MR) is 70.0 cm³/mol. The summed E-state index contributed by atoms with van der Waals surface area (Å²) in [7, 11) is 0. The van der Waals surface area contributed by atoms with Crippen LogP contribution in [-0.4, -0.2) is 6.04 Å². The van der Waals surface area contributed by atoms with E-state index in [1.54, 1.807) is 0 Å². The lowest BCUT2D eigenvalue weighted by atomic mass is 10.0. The van der Waals surface area contributed by atoms with Crippen molar-refractivity contribution in [2.75, 3.05) is 0 Å². The van der Waals surface area contributed by atoms with Crippen molar-refractivity contribution in [1.29, 1.82) is 0 Å². The summed E-state index contributed by atoms with van der Waals surface area (Å²) in [5, 5.41) is 3.50. The molecule has 1 N–H and O–H groups in total. The first-order valence-corrected chi connectivity index (χ1v) is 6.42. The second kappa shape index (κ2) is 5.78. The van der Waals surface area contributed by atoms with Gasteiger partial charge in [0.1, 0.15) is 5.82 Å². The van der Waals surface area contributed by atoms with Crippen LogP contribution in [0.3, 0.4) is 0 Å². The molecule has 0 aromatic heterocycles. The minimum atomic E-state index is -0.209. The summed E-state index contributed by atoms with van der Waals surface area (Å²) < 4.78 is 13.8. The number of hydrogen-bond donors (Lipinski definition) is 1. The summed E-state index contributed by atoms with van der Waals surface area (Å²) in [6, 6.07) is 5.48. The van der Waals surface area contributed by atoms with E-state index in [2.05, 4.69) is 48.9 Å². The molecule has 0 aliphatic heterocycles. The molecule has 0 fully saturated rings. The molecule has 0 radical (unpaired) electrons. The number of benzene rings is 1. The first-order valence-electron chi connectivity index (χ1n) is 5.62. The average Bonchev–Trinajstić information content (AvgIpc) is 2.16. The van der Waals surface area contributed by atoms with E-state index in [1.165, 1.54) is 12.1 Å². The van der Waals surface area contributed by atoms with Crippen LogP contribution in [0.1, 0.15) is 39.3 Å². The van der Waals surface area contributed by atoms with Gasteiger partial charge < -0.3 is 5.32 Å². The molecule has 0 aliphatic carbocycles. The SMILES string of the molecule is CC(NC(C)C(C)C)c1ccc(F)cc1Br. The van der Waals surface area contributed by atoms with Gasteiger partial charge in [0.05, 0.1) is 0 Å². The first kappa shape index (κ1) is 13.7. The Labute approximate surface area is 106 Å². The van der Waals surface area contributed by atoms with E-state index in [9.17, 15) is 4.39 Å². The summed E-state index contributed by atoms with van der Waals surface area (Å²) in [6.45, 7) is 8.63. The maximum Gasteiger partial charge on any atom is 0.124 e. The molecule has 0 spiro atoms. The fourth-order valence-corrected chi connectivity index (χ4v) is 2.22. The highest BCUT2D eigenvalue weighted by molar-refractivity contribution is 9.10. The van der Waals surface area contributed by atoms with Crippen molar-refractivity contribution in [3.05, 3.63) is 34.1 Å². The van der Waals surface area contributed by atoms with Gasteiger partial charge in [-0.1, -0.05) is 35.8 Å². The molecule has 16 heavy (non-hydrogen) atoms. The van der Waals surface area contributed by atoms with Gasteiger partial charge >= 0.3 is 0 Å². The molecule has 90 valence electrons. The van der Waals surface area contributed by atoms with Crippen molar-refractivity contribution in [3.8, 4) is 0 Å². The highest BCUT2D eigenvalue weighted by atomic mass is 79.9. The smallest absolute Gasteiger partial charge is 0.124 e. The van der Waals surface area contributed by atoms with Crippen molar-refractivity contribution in [3.63, 3.8) is 0 Å². The summed E-state index contributed by atoms with van der Waals surface area (Å²) in [5.74, 6) is 0.376. The van der Waals surface area contributed by atoms with E-state index < -0.39 is 0 Å². The molecular formula is C13H19BrFN. The largest absolute Gasteiger partial charge is 0.307 e. The zero-order valence-electron chi connectivity index (χ0n) is 10.2. The molecule has 0 heterocycles. The Morgan fingerprint density at radius 1 is 1.19 bits per heavy atom. The van der Waals surface area contributed by atoms with Crippen molar-refractivity contribution < 1.29 is 4.39 Å². The van der Waals surface area contributed by atoms with Crippen LogP contribution < -0.4 is 5.32 Å². The van der Waals surface area contributed by atoms with Crippen molar-refractivity contribution in [1.82, 2.24) is 5.32 Å². The molecule has 0 saturated carbocycles. The molecule has 1 aromatic carbocycles. The quantitative estimate of drug-likeness (QED) is 0.871. The van der Waals surface area contributed by atoms with Crippen LogP contribution >= 0.6 is 15.9 Å². The number of nitrogens with one attached hydrogen (secondary N) is 1. The highest BCUT2D eigenvalue weighted by Crippen LogP contribution is 2.24. The number of hydrogen-bond acceptors (Lipinski definition) is 1. The van der Waals surface area contributed by atoms with E-state index in [4.69, 9.17) is 0 Å². The Hall–Kier alpha value is -0.410. The van der Waals surface area contributed by atoms with Gasteiger partial charge in [-0.05, 0) is 37.5 Å². The highest BCUT2D eigenvalue weighted by Gasteiger charge is 2.14. The molecular weight excluding hydrogens is 269 g/mol. The minimum Gasteiger partial charge on any atom is -0.307 e. The third-order valence-corrected chi connectivity index (χ3v) is 3.63. The van der Waals surface area contributed by atoms with Crippen LogP contribution in [0.5, 0.6) is 0 Å². The molecule has 1 rings (SSSR count). The molecule has 3 heteroatoms. The van der Waals surface area contributed by atoms with E-state index in [1.807, 2.05) is 6.07 Å². The first-order chi connectivity index (χ1) is 7.41. The standard InChI is InChI=1S/C13H19BrFN/c1-8(2)9(3)16-10(4)12-6-5-11(15)7-13(12)14/h5-10,16H,1-4H3. The third-order valence-electron chi connectivity index (χ3n) is 2.94. The van der Waals surface area contributed by atoms with E-state index >= 15 is 0 Å². The van der Waals surface area contributed by atoms with Crippen LogP contribution in [0.2, 0.25) is 0 Å². The lowest BCUT2D eigenvalue weighted by molar-refractivity contribution is 0.388. The van der Waals surface area contributed by atoms with Gasteiger partial charge in [-0.15, -0.1) is 0 Å². The van der Waals surface area contributed by atoms with Crippen LogP contribution in [-0.2, 0) is 0 Å². The van der Waals surface area contributed by atoms with Gasteiger partial charge in [0, 0.05) is 16.6 Å². The summed E-state index contributed by atoms with van der Waals surface area (Å²) in [4.78, 5) is 0. The zero-order valence-corrected chi connectivity index (χ0v) is 11.8. The second-order valence-electron chi connectivity index (χ2n) is 4.59. The van der Waals surface area contributed by atoms with Gasteiger partial charge in [0.15, 0.2) is 0 Å². The molecule has 2 unspecified atom stereocenters. The van der Waals surface area contributed by atoms with Crippen LogP contribution in [0.15, 0.2) is 22.7 Å². The Balaban J connectivity index is 2.76. The fourth-order valence-electron chi connectivity index (χ4n) is 1.53. The predicted octanol–water partition coefficient (Wildman–Crippen LogP) is 4.28. The molecule has 0 saturated heterocycles. The third kappa shape index (κ3) is 3.56. The topological polar surface area (TPSA) is 12.0 Å². The Morgan fingerprint density at radius 2 is 1.81 bits per heavy atom. The summed E-state index contributed by atoms with van der Waals surface area (Å²) in [5.41, 5.74) is 1.09. The average molecular weight is 288 g/mol. The molecule has 2 atom stereocenters. The Kier molecular flexibility index (Phi) is 4.93. The van der Waals surface area contributed by atoms with Crippen molar-refractivity contribution in [2.45, 2.75) is 39.8 Å². The van der Waals surface area contributed by atoms with Gasteiger partial charge in [-0.2, -0.15) is 0 Å². The maximum atomic E-state index is 13.0. The van der Waals surface area contributed by atoms with Gasteiger partial charge in [-0.3, -0.25) is 0 Å². The minimum absolute atomic E-state index is 0.209. The molecule has 1 aromatic rings. The normalized spacial score (nSPS) is 15.2. The fraction of sp³-hybridized carbons (Fsp3) is 0.538. The van der Waals surface area contributed by atoms with E-state index in [0.29, 0.717) is 12.0 Å². The van der Waals surface area contributed by atoms with Gasteiger partial charge in [0.25, 0.3) is 0 Å². The molecule has 0 amide bonds. The van der Waals surface area contributed by atoms with Crippen LogP contribution in [0.4, 0.5) is 4.39 Å². The zero-order chi connectivity index (χ0) is 12.3. The second-order valence-corrected chi connectivity index (χ2v) is 5.44. The Bertz CT molecular complexity index is 352. The number of halogens is 2. The van der Waals surface area contributed by atoms with E-state index in [-0.39, 0.29) is 11.9 Å². The molecule has 0 bridgehead atoms. The molecule has 1 nitrogen and oxygen atoms in total. The Morgan fingerprint density at radius 3 is 2.31 bits per heavy atom. The lowest BCUT2D eigenvalue weighted by Gasteiger charge is -2.24. The monoisotopic (exact) mass is 287 g/mol. The number of rotatable bonds is 4. The molecule has 0 aliphatic rings. The maximum absolute atomic E-state index is 13.0. The summed E-state index contributed by atoms with van der Waals surface area (Å²) in [6.07, 6.45) is 0. The van der Waals surface area contributed by atoms with Crippen molar-refractivity contribution in [2.24, 2.45) is 5.92 Å². The summed E-state index contributed by atoms with van der Waals surface area (Å²) >= 11 is 3.39. The van der Waals surface area contributed by atoms with Crippen LogP contribution in [0, 0.1) is 11.7 Å². The van der Waals surface area contributed by atoms with E-state index in [0.717, 1.165) is 10.0 Å². The van der Waals surface area contributed by atoms with Gasteiger partial charge in [0.2, 0.25) is 0 Å². The van der Waals surface area contributed by atoms with Gasteiger partial charge in [-0.25, -0.2) is 4.39 Å².